The van der Waals surface area contributed by atoms with Gasteiger partial charge in [-0.3, -0.25) is 9.69 Å². The first-order valence-electron chi connectivity index (χ1n) is 7.02. The number of hydrogen-bond acceptors (Lipinski definition) is 5. The minimum Gasteiger partial charge on any atom is -0.467 e. The summed E-state index contributed by atoms with van der Waals surface area (Å²) in [5, 5.41) is 3.01. The number of carbonyl (C=O) groups is 1. The third-order valence-electron chi connectivity index (χ3n) is 3.82. The van der Waals surface area contributed by atoms with Gasteiger partial charge < -0.3 is 20.2 Å². The summed E-state index contributed by atoms with van der Waals surface area (Å²) < 4.78 is 10.5. The first kappa shape index (κ1) is 15.0. The Hall–Kier alpha value is -1.37. The van der Waals surface area contributed by atoms with Gasteiger partial charge >= 0.3 is 0 Å². The molecular formula is C14H23N3O3. The van der Waals surface area contributed by atoms with Gasteiger partial charge in [-0.25, -0.2) is 0 Å². The maximum atomic E-state index is 12.1. The molecule has 1 aliphatic rings. The second-order valence-electron chi connectivity index (χ2n) is 5.16. The molecule has 20 heavy (non-hydrogen) atoms. The molecule has 1 aromatic rings. The summed E-state index contributed by atoms with van der Waals surface area (Å²) in [7, 11) is 0. The first-order valence-corrected chi connectivity index (χ1v) is 7.02. The monoisotopic (exact) mass is 281 g/mol. The zero-order chi connectivity index (χ0) is 14.5. The molecule has 1 aromatic heterocycles. The van der Waals surface area contributed by atoms with E-state index in [2.05, 4.69) is 17.1 Å². The van der Waals surface area contributed by atoms with Gasteiger partial charge in [0.1, 0.15) is 12.0 Å². The predicted molar refractivity (Wildman–Crippen MR) is 75.4 cm³/mol. The van der Waals surface area contributed by atoms with Gasteiger partial charge in [-0.05, 0) is 19.9 Å². The number of furan rings is 1. The minimum atomic E-state index is -0.124. The molecule has 0 aliphatic carbocycles. The highest BCUT2D eigenvalue weighted by Gasteiger charge is 2.23. The van der Waals surface area contributed by atoms with Crippen molar-refractivity contribution in [3.8, 4) is 0 Å². The lowest BCUT2D eigenvalue weighted by molar-refractivity contribution is 0.0137. The fraction of sp³-hybridized carbons (Fsp3) is 0.643. The van der Waals surface area contributed by atoms with Crippen LogP contribution in [0.15, 0.2) is 16.7 Å². The highest BCUT2D eigenvalue weighted by atomic mass is 16.5. The summed E-state index contributed by atoms with van der Waals surface area (Å²) in [6, 6.07) is 2.00. The Bertz CT molecular complexity index is 441. The Balaban J connectivity index is 1.89. The largest absolute Gasteiger partial charge is 0.467 e. The molecule has 0 spiro atoms. The van der Waals surface area contributed by atoms with Crippen molar-refractivity contribution < 1.29 is 13.9 Å². The number of hydrogen-bond donors (Lipinski definition) is 2. The average molecular weight is 281 g/mol. The van der Waals surface area contributed by atoms with E-state index in [4.69, 9.17) is 14.9 Å². The SMILES string of the molecule is CC(NC(=O)c1coc(CN)c1)C(C)N1CCOCC1. The van der Waals surface area contributed by atoms with Crippen LogP contribution < -0.4 is 11.1 Å². The number of rotatable bonds is 5. The van der Waals surface area contributed by atoms with Crippen LogP contribution in [0.3, 0.4) is 0 Å². The predicted octanol–water partition coefficient (Wildman–Crippen LogP) is 0.577. The molecular weight excluding hydrogens is 258 g/mol. The van der Waals surface area contributed by atoms with Gasteiger partial charge in [-0.15, -0.1) is 0 Å². The van der Waals surface area contributed by atoms with E-state index in [0.717, 1.165) is 26.3 Å². The van der Waals surface area contributed by atoms with E-state index >= 15 is 0 Å². The number of nitrogens with zero attached hydrogens (tertiary/aromatic N) is 1. The van der Waals surface area contributed by atoms with E-state index in [-0.39, 0.29) is 18.0 Å². The molecule has 0 saturated carbocycles. The van der Waals surface area contributed by atoms with Crippen molar-refractivity contribution in [3.63, 3.8) is 0 Å². The summed E-state index contributed by atoms with van der Waals surface area (Å²) in [4.78, 5) is 14.4. The lowest BCUT2D eigenvalue weighted by Gasteiger charge is -2.35. The number of carbonyl (C=O) groups excluding carboxylic acids is 1. The molecule has 0 radical (unpaired) electrons. The Labute approximate surface area is 119 Å². The quantitative estimate of drug-likeness (QED) is 0.825. The summed E-state index contributed by atoms with van der Waals surface area (Å²) in [5.74, 6) is 0.491. The number of amides is 1. The Morgan fingerprint density at radius 3 is 2.75 bits per heavy atom. The molecule has 2 unspecified atom stereocenters. The molecule has 1 fully saturated rings. The summed E-state index contributed by atoms with van der Waals surface area (Å²) in [6.45, 7) is 7.76. The first-order chi connectivity index (χ1) is 9.61. The topological polar surface area (TPSA) is 80.7 Å². The molecule has 6 heteroatoms. The molecule has 3 N–H and O–H groups in total. The van der Waals surface area contributed by atoms with Crippen molar-refractivity contribution in [3.05, 3.63) is 23.7 Å². The molecule has 1 aliphatic heterocycles. The van der Waals surface area contributed by atoms with Crippen LogP contribution in [0.5, 0.6) is 0 Å². The van der Waals surface area contributed by atoms with Gasteiger partial charge in [0.2, 0.25) is 0 Å². The standard InChI is InChI=1S/C14H23N3O3/c1-10(11(2)17-3-5-19-6-4-17)16-14(18)12-7-13(8-15)20-9-12/h7,9-11H,3-6,8,15H2,1-2H3,(H,16,18). The van der Waals surface area contributed by atoms with E-state index in [9.17, 15) is 4.79 Å². The molecule has 1 saturated heterocycles. The zero-order valence-electron chi connectivity index (χ0n) is 12.1. The van der Waals surface area contributed by atoms with E-state index in [0.29, 0.717) is 17.9 Å². The number of ether oxygens (including phenoxy) is 1. The van der Waals surface area contributed by atoms with Crippen molar-refractivity contribution in [2.75, 3.05) is 26.3 Å². The minimum absolute atomic E-state index is 0.0526. The van der Waals surface area contributed by atoms with Crippen LogP contribution in [0.2, 0.25) is 0 Å². The van der Waals surface area contributed by atoms with Crippen LogP contribution in [0, 0.1) is 0 Å². The zero-order valence-corrected chi connectivity index (χ0v) is 12.1. The molecule has 2 heterocycles. The molecule has 1 amide bonds. The number of morpholine rings is 1. The van der Waals surface area contributed by atoms with Gasteiger partial charge in [0.15, 0.2) is 0 Å². The fourth-order valence-electron chi connectivity index (χ4n) is 2.32. The molecule has 2 rings (SSSR count). The van der Waals surface area contributed by atoms with Crippen LogP contribution >= 0.6 is 0 Å². The Morgan fingerprint density at radius 1 is 1.45 bits per heavy atom. The number of nitrogens with two attached hydrogens (primary N) is 1. The van der Waals surface area contributed by atoms with Gasteiger partial charge in [0, 0.05) is 25.2 Å². The second-order valence-corrected chi connectivity index (χ2v) is 5.16. The van der Waals surface area contributed by atoms with Crippen molar-refractivity contribution in [1.29, 1.82) is 0 Å². The van der Waals surface area contributed by atoms with E-state index in [1.165, 1.54) is 6.26 Å². The van der Waals surface area contributed by atoms with Gasteiger partial charge in [0.25, 0.3) is 5.91 Å². The van der Waals surface area contributed by atoms with Crippen molar-refractivity contribution in [1.82, 2.24) is 10.2 Å². The third kappa shape index (κ3) is 3.59. The summed E-state index contributed by atoms with van der Waals surface area (Å²) in [5.41, 5.74) is 5.99. The van der Waals surface area contributed by atoms with Crippen LogP contribution in [0.25, 0.3) is 0 Å². The molecule has 112 valence electrons. The van der Waals surface area contributed by atoms with Crippen LogP contribution in [0.4, 0.5) is 0 Å². The third-order valence-corrected chi connectivity index (χ3v) is 3.82. The van der Waals surface area contributed by atoms with Gasteiger partial charge in [-0.1, -0.05) is 0 Å². The van der Waals surface area contributed by atoms with Gasteiger partial charge in [-0.2, -0.15) is 0 Å². The molecule has 0 aromatic carbocycles. The Kier molecular flexibility index (Phi) is 5.17. The lowest BCUT2D eigenvalue weighted by Crippen LogP contribution is -2.52. The lowest BCUT2D eigenvalue weighted by atomic mass is 10.1. The maximum absolute atomic E-state index is 12.1. The van der Waals surface area contributed by atoms with Crippen LogP contribution in [0.1, 0.15) is 30.0 Å². The molecule has 0 bridgehead atoms. The van der Waals surface area contributed by atoms with Crippen LogP contribution in [-0.2, 0) is 11.3 Å². The molecule has 2 atom stereocenters. The van der Waals surface area contributed by atoms with Crippen molar-refractivity contribution in [2.45, 2.75) is 32.5 Å². The van der Waals surface area contributed by atoms with E-state index < -0.39 is 0 Å². The summed E-state index contributed by atoms with van der Waals surface area (Å²) >= 11 is 0. The van der Waals surface area contributed by atoms with Gasteiger partial charge in [0.05, 0.1) is 25.3 Å². The normalized spacial score (nSPS) is 19.6. The molecule has 6 nitrogen and oxygen atoms in total. The van der Waals surface area contributed by atoms with Crippen LogP contribution in [-0.4, -0.2) is 49.2 Å². The van der Waals surface area contributed by atoms with E-state index in [1.807, 2.05) is 6.92 Å². The summed E-state index contributed by atoms with van der Waals surface area (Å²) in [6.07, 6.45) is 1.45. The number of nitrogens with one attached hydrogen (secondary N) is 1. The maximum Gasteiger partial charge on any atom is 0.254 e. The Morgan fingerprint density at radius 2 is 2.15 bits per heavy atom. The average Bonchev–Trinajstić information content (AvgIpc) is 2.96. The highest BCUT2D eigenvalue weighted by molar-refractivity contribution is 5.94. The fourth-order valence-corrected chi connectivity index (χ4v) is 2.32. The van der Waals surface area contributed by atoms with E-state index in [1.54, 1.807) is 6.07 Å². The smallest absolute Gasteiger partial charge is 0.254 e. The van der Waals surface area contributed by atoms with Crippen molar-refractivity contribution in [2.24, 2.45) is 5.73 Å². The second kappa shape index (κ2) is 6.88. The van der Waals surface area contributed by atoms with Crippen molar-refractivity contribution >= 4 is 5.91 Å². The highest BCUT2D eigenvalue weighted by Crippen LogP contribution is 2.10.